The Morgan fingerprint density at radius 2 is 1.71 bits per heavy atom. The van der Waals surface area contributed by atoms with Gasteiger partial charge in [-0.2, -0.15) is 0 Å². The van der Waals surface area contributed by atoms with Gasteiger partial charge in [0.1, 0.15) is 11.8 Å². The number of carbonyl (C=O) groups excluding carboxylic acids is 2. The lowest BCUT2D eigenvalue weighted by Crippen LogP contribution is -2.49. The van der Waals surface area contributed by atoms with Crippen LogP contribution in [0.15, 0.2) is 42.5 Å². The number of nitrogens with zero attached hydrogens (tertiary/aromatic N) is 1. The second-order valence-electron chi connectivity index (χ2n) is 6.97. The second-order valence-corrected chi connectivity index (χ2v) is 6.97. The molecular weight excluding hydrogens is 352 g/mol. The quantitative estimate of drug-likeness (QED) is 0.760. The molecule has 5 heteroatoms. The predicted octanol–water partition coefficient (Wildman–Crippen LogP) is 3.54. The molecular formula is C23H30N2O3. The minimum Gasteiger partial charge on any atom is -0.483 e. The summed E-state index contributed by atoms with van der Waals surface area (Å²) in [5.74, 6) is 0.313. The maximum Gasteiger partial charge on any atom is 0.261 e. The van der Waals surface area contributed by atoms with Crippen LogP contribution in [-0.2, 0) is 16.1 Å². The fourth-order valence-electron chi connectivity index (χ4n) is 3.16. The van der Waals surface area contributed by atoms with E-state index in [4.69, 9.17) is 4.74 Å². The molecule has 0 aromatic heterocycles. The molecule has 2 rings (SSSR count). The van der Waals surface area contributed by atoms with Gasteiger partial charge in [0.25, 0.3) is 5.91 Å². The van der Waals surface area contributed by atoms with Crippen LogP contribution in [0.1, 0.15) is 35.6 Å². The lowest BCUT2D eigenvalue weighted by molar-refractivity contribution is -0.142. The van der Waals surface area contributed by atoms with Gasteiger partial charge in [-0.15, -0.1) is 0 Å². The van der Waals surface area contributed by atoms with Crippen LogP contribution in [0.3, 0.4) is 0 Å². The molecule has 1 atom stereocenters. The van der Waals surface area contributed by atoms with Crippen molar-refractivity contribution in [2.75, 3.05) is 13.7 Å². The molecule has 0 bridgehead atoms. The van der Waals surface area contributed by atoms with Crippen molar-refractivity contribution >= 4 is 11.8 Å². The highest BCUT2D eigenvalue weighted by molar-refractivity contribution is 5.88. The molecule has 0 heterocycles. The van der Waals surface area contributed by atoms with Gasteiger partial charge >= 0.3 is 0 Å². The number of ether oxygens (including phenoxy) is 1. The monoisotopic (exact) mass is 382 g/mol. The predicted molar refractivity (Wildman–Crippen MR) is 111 cm³/mol. The second kappa shape index (κ2) is 9.93. The maximum atomic E-state index is 13.1. The molecule has 5 nitrogen and oxygen atoms in total. The minimum atomic E-state index is -0.542. The lowest BCUT2D eigenvalue weighted by atomic mass is 10.1. The summed E-state index contributed by atoms with van der Waals surface area (Å²) in [7, 11) is 1.59. The fraction of sp³-hybridized carbons (Fsp3) is 0.391. The van der Waals surface area contributed by atoms with Crippen molar-refractivity contribution in [2.24, 2.45) is 0 Å². The Labute approximate surface area is 167 Å². The van der Waals surface area contributed by atoms with Crippen LogP contribution in [0, 0.1) is 20.8 Å². The van der Waals surface area contributed by atoms with Gasteiger partial charge in [-0.05, 0) is 55.5 Å². The van der Waals surface area contributed by atoms with E-state index in [9.17, 15) is 9.59 Å². The summed E-state index contributed by atoms with van der Waals surface area (Å²) >= 11 is 0. The molecule has 0 fully saturated rings. The molecule has 0 aliphatic heterocycles. The Morgan fingerprint density at radius 1 is 1.04 bits per heavy atom. The number of amides is 2. The average Bonchev–Trinajstić information content (AvgIpc) is 2.69. The van der Waals surface area contributed by atoms with Gasteiger partial charge in [-0.3, -0.25) is 9.59 Å². The van der Waals surface area contributed by atoms with E-state index < -0.39 is 6.04 Å². The highest BCUT2D eigenvalue weighted by atomic mass is 16.5. The Morgan fingerprint density at radius 3 is 2.36 bits per heavy atom. The standard InChI is InChI=1S/C23H30N2O3/c1-6-20(23(27)24-5)25(14-19-12-8-7-10-17(19)3)22(26)15-28-21-13-9-11-16(2)18(21)4/h7-13,20H,6,14-15H2,1-5H3,(H,24,27). The molecule has 0 spiro atoms. The zero-order valence-electron chi connectivity index (χ0n) is 17.4. The zero-order chi connectivity index (χ0) is 20.7. The van der Waals surface area contributed by atoms with Crippen molar-refractivity contribution in [1.29, 1.82) is 0 Å². The number of benzene rings is 2. The van der Waals surface area contributed by atoms with Crippen LogP contribution in [0.5, 0.6) is 5.75 Å². The van der Waals surface area contributed by atoms with Crippen molar-refractivity contribution in [1.82, 2.24) is 10.2 Å². The van der Waals surface area contributed by atoms with Gasteiger partial charge in [-0.25, -0.2) is 0 Å². The van der Waals surface area contributed by atoms with Crippen LogP contribution >= 0.6 is 0 Å². The summed E-state index contributed by atoms with van der Waals surface area (Å²) in [6, 6.07) is 13.1. The largest absolute Gasteiger partial charge is 0.483 e. The van der Waals surface area contributed by atoms with Gasteiger partial charge in [0.05, 0.1) is 0 Å². The van der Waals surface area contributed by atoms with E-state index in [1.807, 2.05) is 70.2 Å². The van der Waals surface area contributed by atoms with Crippen LogP contribution in [-0.4, -0.2) is 36.4 Å². The summed E-state index contributed by atoms with van der Waals surface area (Å²) < 4.78 is 5.81. The average molecular weight is 383 g/mol. The first-order chi connectivity index (χ1) is 13.4. The van der Waals surface area contributed by atoms with Crippen LogP contribution < -0.4 is 10.1 Å². The zero-order valence-corrected chi connectivity index (χ0v) is 17.4. The van der Waals surface area contributed by atoms with Crippen molar-refractivity contribution in [3.8, 4) is 5.75 Å². The number of carbonyl (C=O) groups is 2. The van der Waals surface area contributed by atoms with Crippen LogP contribution in [0.4, 0.5) is 0 Å². The summed E-state index contributed by atoms with van der Waals surface area (Å²) in [5.41, 5.74) is 4.23. The van der Waals surface area contributed by atoms with Crippen molar-refractivity contribution in [3.63, 3.8) is 0 Å². The third-order valence-electron chi connectivity index (χ3n) is 5.14. The molecule has 1 unspecified atom stereocenters. The number of hydrogen-bond acceptors (Lipinski definition) is 3. The minimum absolute atomic E-state index is 0.107. The topological polar surface area (TPSA) is 58.6 Å². The van der Waals surface area contributed by atoms with E-state index >= 15 is 0 Å². The third kappa shape index (κ3) is 5.12. The molecule has 150 valence electrons. The smallest absolute Gasteiger partial charge is 0.261 e. The summed E-state index contributed by atoms with van der Waals surface area (Å²) in [6.07, 6.45) is 0.529. The molecule has 28 heavy (non-hydrogen) atoms. The number of nitrogens with one attached hydrogen (secondary N) is 1. The molecule has 0 saturated heterocycles. The summed E-state index contributed by atoms with van der Waals surface area (Å²) in [6.45, 7) is 8.15. The highest BCUT2D eigenvalue weighted by Crippen LogP contribution is 2.21. The van der Waals surface area contributed by atoms with Gasteiger partial charge in [-0.1, -0.05) is 43.3 Å². The SMILES string of the molecule is CCC(C(=O)NC)N(Cc1ccccc1C)C(=O)COc1cccc(C)c1C. The van der Waals surface area contributed by atoms with Crippen molar-refractivity contribution in [2.45, 2.75) is 46.7 Å². The van der Waals surface area contributed by atoms with E-state index in [1.165, 1.54) is 0 Å². The van der Waals surface area contributed by atoms with Gasteiger partial charge in [0.15, 0.2) is 6.61 Å². The number of aryl methyl sites for hydroxylation is 2. The molecule has 0 saturated carbocycles. The lowest BCUT2D eigenvalue weighted by Gasteiger charge is -2.30. The number of hydrogen-bond donors (Lipinski definition) is 1. The molecule has 0 aliphatic rings. The Balaban J connectivity index is 2.24. The van der Waals surface area contributed by atoms with Crippen LogP contribution in [0.25, 0.3) is 0 Å². The Bertz CT molecular complexity index is 832. The molecule has 2 aromatic rings. The van der Waals surface area contributed by atoms with Crippen LogP contribution in [0.2, 0.25) is 0 Å². The summed E-state index contributed by atoms with van der Waals surface area (Å²) in [4.78, 5) is 27.1. The summed E-state index contributed by atoms with van der Waals surface area (Å²) in [5, 5.41) is 2.67. The molecule has 0 aliphatic carbocycles. The Kier molecular flexibility index (Phi) is 7.61. The maximum absolute atomic E-state index is 13.1. The normalized spacial score (nSPS) is 11.6. The molecule has 2 aromatic carbocycles. The highest BCUT2D eigenvalue weighted by Gasteiger charge is 2.28. The van der Waals surface area contributed by atoms with Gasteiger partial charge < -0.3 is 15.0 Å². The Hall–Kier alpha value is -2.82. The van der Waals surface area contributed by atoms with E-state index in [0.29, 0.717) is 18.7 Å². The number of likely N-dealkylation sites (N-methyl/N-ethyl adjacent to an activating group) is 1. The molecule has 2 amide bonds. The first-order valence-electron chi connectivity index (χ1n) is 9.63. The van der Waals surface area contributed by atoms with E-state index in [2.05, 4.69) is 5.32 Å². The van der Waals surface area contributed by atoms with Gasteiger partial charge in [0.2, 0.25) is 5.91 Å². The first kappa shape index (κ1) is 21.5. The van der Waals surface area contributed by atoms with E-state index in [-0.39, 0.29) is 18.4 Å². The van der Waals surface area contributed by atoms with Crippen molar-refractivity contribution < 1.29 is 14.3 Å². The third-order valence-corrected chi connectivity index (χ3v) is 5.14. The first-order valence-corrected chi connectivity index (χ1v) is 9.63. The molecule has 1 N–H and O–H groups in total. The van der Waals surface area contributed by atoms with Crippen molar-refractivity contribution in [3.05, 3.63) is 64.7 Å². The van der Waals surface area contributed by atoms with E-state index in [0.717, 1.165) is 22.3 Å². The fourth-order valence-corrected chi connectivity index (χ4v) is 3.16. The number of rotatable bonds is 8. The molecule has 0 radical (unpaired) electrons. The van der Waals surface area contributed by atoms with Gasteiger partial charge in [0, 0.05) is 13.6 Å². The van der Waals surface area contributed by atoms with E-state index in [1.54, 1.807) is 11.9 Å².